The van der Waals surface area contributed by atoms with E-state index in [9.17, 15) is 0 Å². The molecule has 0 spiro atoms. The van der Waals surface area contributed by atoms with Crippen molar-refractivity contribution in [3.8, 4) is 0 Å². The van der Waals surface area contributed by atoms with Gasteiger partial charge in [0.25, 0.3) is 0 Å². The molecule has 0 aliphatic carbocycles. The molecular formula is C13H17ClN2. The number of benzene rings is 1. The Morgan fingerprint density at radius 3 is 2.75 bits per heavy atom. The molecule has 0 aliphatic rings. The minimum Gasteiger partial charge on any atom is -0.328 e. The highest BCUT2D eigenvalue weighted by atomic mass is 35.5. The number of halogens is 1. The van der Waals surface area contributed by atoms with Gasteiger partial charge in [-0.1, -0.05) is 32.4 Å². The van der Waals surface area contributed by atoms with Crippen LogP contribution in [-0.4, -0.2) is 9.55 Å². The van der Waals surface area contributed by atoms with Gasteiger partial charge in [-0.15, -0.1) is 0 Å². The number of aryl methyl sites for hydroxylation is 1. The van der Waals surface area contributed by atoms with Crippen LogP contribution >= 0.6 is 11.6 Å². The van der Waals surface area contributed by atoms with Crippen molar-refractivity contribution in [3.63, 3.8) is 0 Å². The quantitative estimate of drug-likeness (QED) is 0.780. The van der Waals surface area contributed by atoms with Crippen molar-refractivity contribution in [1.29, 1.82) is 0 Å². The molecule has 1 aromatic carbocycles. The summed E-state index contributed by atoms with van der Waals surface area (Å²) < 4.78 is 2.30. The topological polar surface area (TPSA) is 17.8 Å². The molecule has 0 fully saturated rings. The van der Waals surface area contributed by atoms with Crippen molar-refractivity contribution in [2.24, 2.45) is 0 Å². The van der Waals surface area contributed by atoms with Crippen LogP contribution in [0.15, 0.2) is 18.2 Å². The molecule has 0 N–H and O–H groups in total. The fraction of sp³-hybridized carbons (Fsp3) is 0.462. The standard InChI is InChI=1S/C13H17ClN2/c1-4-7-16-12-6-5-10(14)8-11(12)15-13(16)9(2)3/h5-6,8-9H,4,7H2,1-3H3. The van der Waals surface area contributed by atoms with E-state index in [1.165, 1.54) is 5.52 Å². The number of aromatic nitrogens is 2. The lowest BCUT2D eigenvalue weighted by Gasteiger charge is -2.09. The fourth-order valence-corrected chi connectivity index (χ4v) is 2.19. The molecular weight excluding hydrogens is 220 g/mol. The second kappa shape index (κ2) is 4.46. The van der Waals surface area contributed by atoms with Crippen LogP contribution in [0, 0.1) is 0 Å². The highest BCUT2D eigenvalue weighted by molar-refractivity contribution is 6.31. The van der Waals surface area contributed by atoms with Crippen LogP contribution in [0.1, 0.15) is 38.9 Å². The van der Waals surface area contributed by atoms with E-state index in [4.69, 9.17) is 11.6 Å². The Kier molecular flexibility index (Phi) is 3.20. The van der Waals surface area contributed by atoms with Gasteiger partial charge in [-0.3, -0.25) is 0 Å². The maximum absolute atomic E-state index is 5.99. The summed E-state index contributed by atoms with van der Waals surface area (Å²) in [5.41, 5.74) is 2.19. The zero-order chi connectivity index (χ0) is 11.7. The van der Waals surface area contributed by atoms with Crippen LogP contribution in [-0.2, 0) is 6.54 Å². The molecule has 2 aromatic rings. The van der Waals surface area contributed by atoms with E-state index >= 15 is 0 Å². The molecule has 0 aliphatic heterocycles. The lowest BCUT2D eigenvalue weighted by atomic mass is 10.2. The van der Waals surface area contributed by atoms with Crippen LogP contribution in [0.4, 0.5) is 0 Å². The van der Waals surface area contributed by atoms with E-state index in [1.54, 1.807) is 0 Å². The molecule has 0 radical (unpaired) electrons. The molecule has 0 bridgehead atoms. The normalized spacial score (nSPS) is 11.6. The van der Waals surface area contributed by atoms with Crippen molar-refractivity contribution >= 4 is 22.6 Å². The van der Waals surface area contributed by atoms with Gasteiger partial charge in [0.05, 0.1) is 11.0 Å². The summed E-state index contributed by atoms with van der Waals surface area (Å²) in [6.45, 7) is 7.56. The minimum absolute atomic E-state index is 0.442. The largest absolute Gasteiger partial charge is 0.328 e. The van der Waals surface area contributed by atoms with Crippen LogP contribution in [0.25, 0.3) is 11.0 Å². The predicted octanol–water partition coefficient (Wildman–Crippen LogP) is 4.22. The average Bonchev–Trinajstić information content (AvgIpc) is 2.57. The molecule has 1 heterocycles. The lowest BCUT2D eigenvalue weighted by Crippen LogP contribution is -2.04. The molecule has 3 heteroatoms. The Morgan fingerprint density at radius 2 is 2.12 bits per heavy atom. The third-order valence-corrected chi connectivity index (χ3v) is 2.94. The summed E-state index contributed by atoms with van der Waals surface area (Å²) in [6, 6.07) is 5.93. The highest BCUT2D eigenvalue weighted by Gasteiger charge is 2.12. The summed E-state index contributed by atoms with van der Waals surface area (Å²) >= 11 is 5.99. The van der Waals surface area contributed by atoms with Gasteiger partial charge in [-0.2, -0.15) is 0 Å². The van der Waals surface area contributed by atoms with Crippen LogP contribution in [0.3, 0.4) is 0 Å². The Bertz CT molecular complexity index is 500. The van der Waals surface area contributed by atoms with Gasteiger partial charge in [0, 0.05) is 17.5 Å². The number of rotatable bonds is 3. The van der Waals surface area contributed by atoms with E-state index in [0.717, 1.165) is 29.3 Å². The third-order valence-electron chi connectivity index (χ3n) is 2.70. The Morgan fingerprint density at radius 1 is 1.38 bits per heavy atom. The predicted molar refractivity (Wildman–Crippen MR) is 69.1 cm³/mol. The summed E-state index contributed by atoms with van der Waals surface area (Å²) in [4.78, 5) is 4.67. The molecule has 0 amide bonds. The van der Waals surface area contributed by atoms with Gasteiger partial charge in [-0.05, 0) is 24.6 Å². The summed E-state index contributed by atoms with van der Waals surface area (Å²) in [5.74, 6) is 1.59. The van der Waals surface area contributed by atoms with Gasteiger partial charge in [-0.25, -0.2) is 4.98 Å². The zero-order valence-corrected chi connectivity index (χ0v) is 10.8. The SMILES string of the molecule is CCCn1c(C(C)C)nc2cc(Cl)ccc21. The first-order valence-corrected chi connectivity index (χ1v) is 6.17. The minimum atomic E-state index is 0.442. The molecule has 0 unspecified atom stereocenters. The first-order chi connectivity index (χ1) is 7.63. The second-order valence-corrected chi connectivity index (χ2v) is 4.85. The summed E-state index contributed by atoms with van der Waals surface area (Å²) in [7, 11) is 0. The van der Waals surface area contributed by atoms with Crippen LogP contribution in [0.5, 0.6) is 0 Å². The van der Waals surface area contributed by atoms with Crippen molar-refractivity contribution in [2.45, 2.75) is 39.7 Å². The number of hydrogen-bond acceptors (Lipinski definition) is 1. The fourth-order valence-electron chi connectivity index (χ4n) is 2.02. The molecule has 16 heavy (non-hydrogen) atoms. The first kappa shape index (κ1) is 11.5. The van der Waals surface area contributed by atoms with Gasteiger partial charge in [0.15, 0.2) is 0 Å². The van der Waals surface area contributed by atoms with Gasteiger partial charge < -0.3 is 4.57 Å². The third kappa shape index (κ3) is 1.94. The molecule has 0 atom stereocenters. The van der Waals surface area contributed by atoms with Crippen molar-refractivity contribution < 1.29 is 0 Å². The molecule has 86 valence electrons. The first-order valence-electron chi connectivity index (χ1n) is 5.79. The van der Waals surface area contributed by atoms with E-state index in [2.05, 4.69) is 36.4 Å². The summed E-state index contributed by atoms with van der Waals surface area (Å²) in [6.07, 6.45) is 1.12. The van der Waals surface area contributed by atoms with E-state index in [1.807, 2.05) is 12.1 Å². The molecule has 1 aromatic heterocycles. The van der Waals surface area contributed by atoms with Gasteiger partial charge in [0.2, 0.25) is 0 Å². The van der Waals surface area contributed by atoms with E-state index in [-0.39, 0.29) is 0 Å². The Labute approximate surface area is 101 Å². The maximum atomic E-state index is 5.99. The van der Waals surface area contributed by atoms with Crippen molar-refractivity contribution in [1.82, 2.24) is 9.55 Å². The number of nitrogens with zero attached hydrogens (tertiary/aromatic N) is 2. The van der Waals surface area contributed by atoms with Gasteiger partial charge in [0.1, 0.15) is 5.82 Å². The van der Waals surface area contributed by atoms with E-state index in [0.29, 0.717) is 5.92 Å². The van der Waals surface area contributed by atoms with Crippen LogP contribution in [0.2, 0.25) is 5.02 Å². The van der Waals surface area contributed by atoms with Crippen molar-refractivity contribution in [3.05, 3.63) is 29.0 Å². The maximum Gasteiger partial charge on any atom is 0.112 e. The van der Waals surface area contributed by atoms with Gasteiger partial charge >= 0.3 is 0 Å². The molecule has 0 saturated carbocycles. The Balaban J connectivity index is 2.65. The van der Waals surface area contributed by atoms with Crippen molar-refractivity contribution in [2.75, 3.05) is 0 Å². The lowest BCUT2D eigenvalue weighted by molar-refractivity contribution is 0.624. The number of fused-ring (bicyclic) bond motifs is 1. The zero-order valence-electron chi connectivity index (χ0n) is 10.00. The van der Waals surface area contributed by atoms with Crippen LogP contribution < -0.4 is 0 Å². The Hall–Kier alpha value is -1.02. The molecule has 2 nitrogen and oxygen atoms in total. The second-order valence-electron chi connectivity index (χ2n) is 4.41. The summed E-state index contributed by atoms with van der Waals surface area (Å²) in [5, 5.41) is 0.754. The number of imidazole rings is 1. The average molecular weight is 237 g/mol. The smallest absolute Gasteiger partial charge is 0.112 e. The molecule has 2 rings (SSSR count). The van der Waals surface area contributed by atoms with E-state index < -0.39 is 0 Å². The molecule has 0 saturated heterocycles. The monoisotopic (exact) mass is 236 g/mol. The number of hydrogen-bond donors (Lipinski definition) is 0. The highest BCUT2D eigenvalue weighted by Crippen LogP contribution is 2.24.